The van der Waals surface area contributed by atoms with E-state index in [2.05, 4.69) is 120 Å². The van der Waals surface area contributed by atoms with Crippen molar-refractivity contribution in [3.63, 3.8) is 0 Å². The second-order valence-electron chi connectivity index (χ2n) is 27.9. The van der Waals surface area contributed by atoms with Crippen molar-refractivity contribution in [1.29, 1.82) is 0 Å². The second kappa shape index (κ2) is 36.3. The van der Waals surface area contributed by atoms with Crippen LogP contribution in [0.1, 0.15) is 175 Å². The number of carbonyl (C=O) groups excluding carboxylic acids is 7. The number of allylic oxidation sites excluding steroid dienone is 5. The van der Waals surface area contributed by atoms with E-state index in [4.69, 9.17) is 12.8 Å². The first kappa shape index (κ1) is 81.9. The SMILES string of the molecule is CCc1cc(C)cc(CC)[c]1[Pb]([O]C(C)=O)([O]C(C)=O)[O]C(C)=O.CCc1cc(C)cc(CC)c1C1=C(O)CC(C2(CSc3ccc(C)cc3)CC2)CC1=O.COC(=O)C1C([O-])=CC(=O)CC1C1(CSc2ccc(C)cc2)CC1.Cc1ccc(SCC2(C3CC(=O)C=C(O)C3)CC2)cc1.[Na+]. The molecule has 0 radical (unpaired) electrons. The number of rotatable bonds is 22. The molecular formula is C81H99NaO14PbS3. The van der Waals surface area contributed by atoms with E-state index >= 15 is 0 Å². The summed E-state index contributed by atoms with van der Waals surface area (Å²) in [5.74, 6) is 0.251. The summed E-state index contributed by atoms with van der Waals surface area (Å²) in [5.41, 5.74) is 12.1. The Hall–Kier alpha value is -5.42. The minimum atomic E-state index is -5.17. The molecule has 3 fully saturated rings. The molecule has 5 aromatic rings. The van der Waals surface area contributed by atoms with Gasteiger partial charge in [0.1, 0.15) is 5.76 Å². The fraction of sp³-hybridized carbons (Fsp3) is 0.469. The third-order valence-electron chi connectivity index (χ3n) is 20.2. The molecular weight excluding hydrogens is 1520 g/mol. The van der Waals surface area contributed by atoms with Gasteiger partial charge in [0.05, 0.1) is 24.4 Å². The minimum absolute atomic E-state index is 0. The smallest absolute Gasteiger partial charge is 0.875 e. The molecule has 6 aliphatic rings. The Morgan fingerprint density at radius 1 is 0.510 bits per heavy atom. The number of ether oxygens (including phenoxy) is 1. The van der Waals surface area contributed by atoms with Crippen LogP contribution in [0.25, 0.3) is 5.57 Å². The van der Waals surface area contributed by atoms with Gasteiger partial charge in [0.15, 0.2) is 17.3 Å². The Kier molecular flexibility index (Phi) is 29.7. The Morgan fingerprint density at radius 3 is 1.23 bits per heavy atom. The summed E-state index contributed by atoms with van der Waals surface area (Å²) in [5, 5.41) is 33.0. The van der Waals surface area contributed by atoms with Crippen LogP contribution in [0.2, 0.25) is 0 Å². The van der Waals surface area contributed by atoms with Gasteiger partial charge >= 0.3 is 185 Å². The number of thioether (sulfide) groups is 3. The van der Waals surface area contributed by atoms with Crippen LogP contribution in [0.4, 0.5) is 0 Å². The monoisotopic (exact) mass is 1620 g/mol. The van der Waals surface area contributed by atoms with Crippen molar-refractivity contribution in [3.8, 4) is 0 Å². The number of aliphatic hydroxyl groups is 2. The van der Waals surface area contributed by atoms with Crippen molar-refractivity contribution in [2.24, 2.45) is 39.9 Å². The first-order valence-electron chi connectivity index (χ1n) is 34.8. The van der Waals surface area contributed by atoms with Crippen LogP contribution in [0.3, 0.4) is 0 Å². The average molecular weight is 1620 g/mol. The van der Waals surface area contributed by atoms with Gasteiger partial charge in [-0.3, -0.25) is 19.2 Å². The van der Waals surface area contributed by atoms with Crippen molar-refractivity contribution in [3.05, 3.63) is 182 Å². The average Bonchev–Trinajstić information content (AvgIpc) is 1.52. The number of hydrogen-bond donors (Lipinski definition) is 2. The molecule has 0 spiro atoms. The van der Waals surface area contributed by atoms with E-state index in [1.165, 1.54) is 94.9 Å². The quantitative estimate of drug-likeness (QED) is 0.0374. The van der Waals surface area contributed by atoms with Gasteiger partial charge in [0.25, 0.3) is 0 Å². The van der Waals surface area contributed by atoms with Crippen LogP contribution in [0, 0.1) is 74.5 Å². The van der Waals surface area contributed by atoms with Gasteiger partial charge in [-0.2, -0.15) is 0 Å². The van der Waals surface area contributed by atoms with E-state index in [0.29, 0.717) is 58.9 Å². The summed E-state index contributed by atoms with van der Waals surface area (Å²) in [4.78, 5) is 87.9. The minimum Gasteiger partial charge on any atom is -0.875 e. The third kappa shape index (κ3) is 21.4. The summed E-state index contributed by atoms with van der Waals surface area (Å²) in [6.07, 6.45) is 14.8. The number of hydrogen-bond acceptors (Lipinski definition) is 17. The Morgan fingerprint density at radius 2 is 0.880 bits per heavy atom. The van der Waals surface area contributed by atoms with Crippen molar-refractivity contribution in [2.45, 2.75) is 194 Å². The third-order valence-corrected chi connectivity index (χ3v) is 35.5. The second-order valence-corrected chi connectivity index (χ2v) is 39.7. The fourth-order valence-electron chi connectivity index (χ4n) is 14.3. The van der Waals surface area contributed by atoms with Gasteiger partial charge in [-0.25, -0.2) is 0 Å². The zero-order chi connectivity index (χ0) is 72.1. The van der Waals surface area contributed by atoms with E-state index < -0.39 is 58.1 Å². The standard InChI is InChI=1S/C28H34O2S.C19H22O4S.C17H20O2S.C11H15.3C2H4O2.Na.Pb/c1-5-20-13-19(4)14-21(6-2)26(20)27-24(29)15-22(16-25(27)30)28(11-12-28)17-31-23-9-7-18(3)8-10-23;1-12-3-5-14(6-4-12)24-11-19(7-8-19)15-9-13(20)10-16(21)17(15)18(22)23-2;1-12-2-4-16(5-3-12)20-11-17(6-7-17)13-8-14(18)10-15(19)9-13;1-4-10-6-9(3)7-11(5-2)8-10;3*1-2(3)4;;/h7-10,13-14,22,29H,5-6,11-12,15-17H2,1-4H3;3-6,10,15,17,21H,7-9,11H2,1-2H3;2-5,10,13,18H,6-9,11H2,1H3;6-7H,4-5H2,1-3H3;3*1H3,(H,3,4);;/q;;;;;;;+1;+3/p-4. The molecule has 0 aromatic heterocycles. The van der Waals surface area contributed by atoms with Crippen molar-refractivity contribution in [1.82, 2.24) is 0 Å². The molecule has 4 atom stereocenters. The predicted octanol–water partition coefficient (Wildman–Crippen LogP) is 13.0. The van der Waals surface area contributed by atoms with Gasteiger partial charge in [0, 0.05) is 70.1 Å². The summed E-state index contributed by atoms with van der Waals surface area (Å²) < 4.78 is 21.8. The fourth-order valence-corrected chi connectivity index (χ4v) is 29.2. The van der Waals surface area contributed by atoms with Crippen LogP contribution in [-0.2, 0) is 72.0 Å². The first-order chi connectivity index (χ1) is 47.0. The molecule has 11 rings (SSSR count). The maximum atomic E-state index is 13.4. The normalized spacial score (nSPS) is 19.8. The number of benzene rings is 5. The number of carbonyl (C=O) groups is 7. The van der Waals surface area contributed by atoms with E-state index in [9.17, 15) is 48.9 Å². The molecule has 2 N–H and O–H groups in total. The number of aliphatic hydroxyl groups excluding tert-OH is 2. The summed E-state index contributed by atoms with van der Waals surface area (Å²) in [7, 11) is 1.30. The van der Waals surface area contributed by atoms with E-state index in [-0.39, 0.29) is 87.2 Å². The van der Waals surface area contributed by atoms with Crippen LogP contribution < -0.4 is 37.8 Å². The van der Waals surface area contributed by atoms with Gasteiger partial charge in [-0.1, -0.05) is 84.6 Å². The van der Waals surface area contributed by atoms with Crippen LogP contribution in [-0.4, -0.2) is 98.3 Å². The molecule has 4 unspecified atom stereocenters. The van der Waals surface area contributed by atoms with Gasteiger partial charge < -0.3 is 20.1 Å². The van der Waals surface area contributed by atoms with E-state index in [1.807, 2.05) is 63.4 Å². The molecule has 530 valence electrons. The topological polar surface area (TPSA) is 220 Å². The largest absolute Gasteiger partial charge is 1.00 e. The molecule has 3 saturated carbocycles. The van der Waals surface area contributed by atoms with Gasteiger partial charge in [-0.05, 0) is 172 Å². The molecule has 0 amide bonds. The van der Waals surface area contributed by atoms with E-state index in [1.54, 1.807) is 11.8 Å². The Labute approximate surface area is 633 Å². The van der Waals surface area contributed by atoms with Gasteiger partial charge in [0.2, 0.25) is 0 Å². The zero-order valence-corrected chi connectivity index (χ0v) is 69.3. The van der Waals surface area contributed by atoms with Crippen LogP contribution in [0.15, 0.2) is 141 Å². The van der Waals surface area contributed by atoms with Crippen LogP contribution in [0.5, 0.6) is 0 Å². The number of esters is 1. The Balaban J connectivity index is 0.000000189. The van der Waals surface area contributed by atoms with Gasteiger partial charge in [-0.15, -0.1) is 41.0 Å². The van der Waals surface area contributed by atoms with E-state index in [0.717, 1.165) is 84.1 Å². The molecule has 6 aliphatic carbocycles. The number of aryl methyl sites for hydroxylation is 9. The zero-order valence-electron chi connectivity index (χ0n) is 60.9. The molecule has 0 saturated heterocycles. The van der Waals surface area contributed by atoms with Crippen molar-refractivity contribution in [2.75, 3.05) is 24.4 Å². The summed E-state index contributed by atoms with van der Waals surface area (Å²) >= 11 is 0.337. The maximum Gasteiger partial charge on any atom is 1.00 e. The molecule has 0 bridgehead atoms. The first-order valence-corrected chi connectivity index (χ1v) is 44.5. The summed E-state index contributed by atoms with van der Waals surface area (Å²) in [6.45, 7) is 22.1. The molecule has 14 nitrogen and oxygen atoms in total. The molecule has 0 aliphatic heterocycles. The molecule has 5 aromatic carbocycles. The maximum absolute atomic E-state index is 13.4. The van der Waals surface area contributed by atoms with Crippen LogP contribution >= 0.6 is 35.3 Å². The molecule has 0 heterocycles. The molecule has 100 heavy (non-hydrogen) atoms. The predicted molar refractivity (Wildman–Crippen MR) is 394 cm³/mol. The Bertz CT molecular complexity index is 3790. The van der Waals surface area contributed by atoms with Crippen molar-refractivity contribution < 1.29 is 91.2 Å². The number of methoxy groups -OCH3 is 1. The molecule has 19 heteroatoms. The number of ketones is 3. The number of Topliss-reactive ketones (excluding diaryl/α,β-unsaturated/α-hetero) is 1. The van der Waals surface area contributed by atoms with Crippen molar-refractivity contribution >= 4 is 108 Å². The summed E-state index contributed by atoms with van der Waals surface area (Å²) in [6, 6.07) is 33.8.